The van der Waals surface area contributed by atoms with Crippen LogP contribution in [0.15, 0.2) is 0 Å². The molecule has 0 unspecified atom stereocenters. The van der Waals surface area contributed by atoms with Gasteiger partial charge >= 0.3 is 0 Å². The molecule has 1 aliphatic rings. The van der Waals surface area contributed by atoms with Crippen LogP contribution in [0.2, 0.25) is 0 Å². The molecule has 0 spiro atoms. The van der Waals surface area contributed by atoms with Crippen LogP contribution in [0.5, 0.6) is 0 Å². The van der Waals surface area contributed by atoms with E-state index in [1.165, 1.54) is 38.5 Å². The summed E-state index contributed by atoms with van der Waals surface area (Å²) in [5.74, 6) is 0.895. The second-order valence-electron chi connectivity index (χ2n) is 5.35. The number of carbonyl (C=O) groups is 1. The molecule has 0 saturated heterocycles. The van der Waals surface area contributed by atoms with Crippen LogP contribution >= 0.6 is 0 Å². The first kappa shape index (κ1) is 14.5. The molecule has 0 aromatic heterocycles. The number of amides is 1. The van der Waals surface area contributed by atoms with Crippen LogP contribution in [0.3, 0.4) is 0 Å². The van der Waals surface area contributed by atoms with Crippen LogP contribution in [0.25, 0.3) is 0 Å². The topological polar surface area (TPSA) is 55.1 Å². The van der Waals surface area contributed by atoms with E-state index in [1.54, 1.807) is 0 Å². The highest BCUT2D eigenvalue weighted by atomic mass is 16.1. The van der Waals surface area contributed by atoms with E-state index < -0.39 is 0 Å². The zero-order chi connectivity index (χ0) is 12.5. The van der Waals surface area contributed by atoms with Crippen molar-refractivity contribution in [3.8, 4) is 0 Å². The Morgan fingerprint density at radius 1 is 1.24 bits per heavy atom. The van der Waals surface area contributed by atoms with Gasteiger partial charge in [-0.25, -0.2) is 0 Å². The van der Waals surface area contributed by atoms with Crippen LogP contribution in [0, 0.1) is 5.92 Å². The fourth-order valence-electron chi connectivity index (χ4n) is 2.68. The largest absolute Gasteiger partial charge is 0.353 e. The van der Waals surface area contributed by atoms with E-state index in [-0.39, 0.29) is 5.91 Å². The molecular formula is C14H28N2O. The number of carbonyl (C=O) groups excluding carboxylic acids is 1. The van der Waals surface area contributed by atoms with Gasteiger partial charge in [0.2, 0.25) is 5.91 Å². The summed E-state index contributed by atoms with van der Waals surface area (Å²) in [5.41, 5.74) is 5.42. The lowest BCUT2D eigenvalue weighted by Gasteiger charge is -2.23. The van der Waals surface area contributed by atoms with E-state index in [0.717, 1.165) is 12.8 Å². The molecule has 1 rings (SSSR count). The zero-order valence-corrected chi connectivity index (χ0v) is 11.2. The highest BCUT2D eigenvalue weighted by Gasteiger charge is 2.20. The minimum atomic E-state index is 0.204. The number of nitrogens with two attached hydrogens (primary N) is 1. The molecule has 0 aliphatic heterocycles. The smallest absolute Gasteiger partial charge is 0.220 e. The molecule has 0 heterocycles. The Kier molecular flexibility index (Phi) is 7.25. The van der Waals surface area contributed by atoms with Crippen LogP contribution in [0.1, 0.15) is 64.7 Å². The average Bonchev–Trinajstić information content (AvgIpc) is 2.57. The molecule has 17 heavy (non-hydrogen) atoms. The highest BCUT2D eigenvalue weighted by molar-refractivity contribution is 5.76. The van der Waals surface area contributed by atoms with Crippen LogP contribution in [0.4, 0.5) is 0 Å². The normalized spacial score (nSPS) is 19.6. The van der Waals surface area contributed by atoms with Crippen LogP contribution in [-0.4, -0.2) is 18.5 Å². The number of nitrogens with one attached hydrogen (secondary N) is 1. The minimum absolute atomic E-state index is 0.204. The number of rotatable bonds is 6. The van der Waals surface area contributed by atoms with Gasteiger partial charge in [0.1, 0.15) is 0 Å². The molecule has 1 atom stereocenters. The molecule has 100 valence electrons. The fraction of sp³-hybridized carbons (Fsp3) is 0.929. The maximum atomic E-state index is 11.7. The molecule has 1 fully saturated rings. The van der Waals surface area contributed by atoms with E-state index >= 15 is 0 Å². The zero-order valence-electron chi connectivity index (χ0n) is 11.2. The second kappa shape index (κ2) is 8.51. The van der Waals surface area contributed by atoms with Crippen molar-refractivity contribution in [2.75, 3.05) is 6.54 Å². The Morgan fingerprint density at radius 2 is 1.88 bits per heavy atom. The third kappa shape index (κ3) is 6.06. The predicted octanol–water partition coefficient (Wildman–Crippen LogP) is 2.59. The van der Waals surface area contributed by atoms with E-state index in [2.05, 4.69) is 12.2 Å². The van der Waals surface area contributed by atoms with E-state index in [4.69, 9.17) is 5.73 Å². The van der Waals surface area contributed by atoms with Crippen molar-refractivity contribution >= 4 is 5.91 Å². The quantitative estimate of drug-likeness (QED) is 0.554. The summed E-state index contributed by atoms with van der Waals surface area (Å²) in [4.78, 5) is 11.7. The SMILES string of the molecule is C[C@H](NC(=O)CCCCN)C1CCCCCC1. The van der Waals surface area contributed by atoms with Gasteiger partial charge in [0.05, 0.1) is 0 Å². The Balaban J connectivity index is 2.21. The summed E-state index contributed by atoms with van der Waals surface area (Å²) in [7, 11) is 0. The van der Waals surface area contributed by atoms with Crippen LogP contribution in [-0.2, 0) is 4.79 Å². The summed E-state index contributed by atoms with van der Waals surface area (Å²) in [6.45, 7) is 2.85. The highest BCUT2D eigenvalue weighted by Crippen LogP contribution is 2.25. The lowest BCUT2D eigenvalue weighted by Crippen LogP contribution is -2.37. The summed E-state index contributed by atoms with van der Waals surface area (Å²) in [6, 6.07) is 0.346. The minimum Gasteiger partial charge on any atom is -0.353 e. The lowest BCUT2D eigenvalue weighted by molar-refractivity contribution is -0.122. The van der Waals surface area contributed by atoms with Crippen molar-refractivity contribution < 1.29 is 4.79 Å². The summed E-state index contributed by atoms with van der Waals surface area (Å²) >= 11 is 0. The van der Waals surface area contributed by atoms with E-state index in [1.807, 2.05) is 0 Å². The Labute approximate surface area is 106 Å². The van der Waals surface area contributed by atoms with Gasteiger partial charge in [-0.15, -0.1) is 0 Å². The maximum absolute atomic E-state index is 11.7. The maximum Gasteiger partial charge on any atom is 0.220 e. The average molecular weight is 240 g/mol. The molecule has 3 heteroatoms. The summed E-state index contributed by atoms with van der Waals surface area (Å²) < 4.78 is 0. The molecule has 1 amide bonds. The van der Waals surface area contributed by atoms with Gasteiger partial charge in [0.15, 0.2) is 0 Å². The molecule has 1 aliphatic carbocycles. The van der Waals surface area contributed by atoms with Gasteiger partial charge in [0, 0.05) is 12.5 Å². The monoisotopic (exact) mass is 240 g/mol. The van der Waals surface area contributed by atoms with Gasteiger partial charge in [-0.05, 0) is 45.1 Å². The molecule has 3 N–H and O–H groups in total. The molecule has 3 nitrogen and oxygen atoms in total. The van der Waals surface area contributed by atoms with Gasteiger partial charge < -0.3 is 11.1 Å². The van der Waals surface area contributed by atoms with Gasteiger partial charge in [-0.2, -0.15) is 0 Å². The molecular weight excluding hydrogens is 212 g/mol. The summed E-state index contributed by atoms with van der Waals surface area (Å²) in [5, 5.41) is 3.16. The molecule has 0 bridgehead atoms. The van der Waals surface area contributed by atoms with Crippen molar-refractivity contribution in [3.63, 3.8) is 0 Å². The number of hydrogen-bond acceptors (Lipinski definition) is 2. The van der Waals surface area contributed by atoms with Crippen molar-refractivity contribution in [1.29, 1.82) is 0 Å². The second-order valence-corrected chi connectivity index (χ2v) is 5.35. The summed E-state index contributed by atoms with van der Waals surface area (Å²) in [6.07, 6.45) is 10.5. The Hall–Kier alpha value is -0.570. The van der Waals surface area contributed by atoms with Crippen molar-refractivity contribution in [1.82, 2.24) is 5.32 Å². The third-order valence-electron chi connectivity index (χ3n) is 3.85. The fourth-order valence-corrected chi connectivity index (χ4v) is 2.68. The molecule has 0 aromatic carbocycles. The van der Waals surface area contributed by atoms with Crippen molar-refractivity contribution in [2.45, 2.75) is 70.8 Å². The Bertz CT molecular complexity index is 210. The predicted molar refractivity (Wildman–Crippen MR) is 71.7 cm³/mol. The number of unbranched alkanes of at least 4 members (excludes halogenated alkanes) is 1. The standard InChI is InChI=1S/C14H28N2O/c1-12(13-8-4-2-3-5-9-13)16-14(17)10-6-7-11-15/h12-13H,2-11,15H2,1H3,(H,16,17)/t12-/m0/s1. The molecule has 0 aromatic rings. The van der Waals surface area contributed by atoms with E-state index in [9.17, 15) is 4.79 Å². The van der Waals surface area contributed by atoms with Crippen molar-refractivity contribution in [3.05, 3.63) is 0 Å². The molecule has 0 radical (unpaired) electrons. The number of hydrogen-bond donors (Lipinski definition) is 2. The lowest BCUT2D eigenvalue weighted by atomic mass is 9.93. The van der Waals surface area contributed by atoms with Gasteiger partial charge in [0.25, 0.3) is 0 Å². The first-order valence-electron chi connectivity index (χ1n) is 7.23. The van der Waals surface area contributed by atoms with Crippen LogP contribution < -0.4 is 11.1 Å². The van der Waals surface area contributed by atoms with Gasteiger partial charge in [-0.1, -0.05) is 25.7 Å². The van der Waals surface area contributed by atoms with Gasteiger partial charge in [-0.3, -0.25) is 4.79 Å². The first-order valence-corrected chi connectivity index (χ1v) is 7.23. The van der Waals surface area contributed by atoms with Crippen molar-refractivity contribution in [2.24, 2.45) is 11.7 Å². The third-order valence-corrected chi connectivity index (χ3v) is 3.85. The van der Waals surface area contributed by atoms with E-state index in [0.29, 0.717) is 24.9 Å². The first-order chi connectivity index (χ1) is 8.24. The molecule has 1 saturated carbocycles. The Morgan fingerprint density at radius 3 is 2.47 bits per heavy atom.